The van der Waals surface area contributed by atoms with Crippen LogP contribution in [-0.2, 0) is 0 Å². The van der Waals surface area contributed by atoms with Crippen LogP contribution in [0.25, 0.3) is 0 Å². The van der Waals surface area contributed by atoms with Gasteiger partial charge in [-0.2, -0.15) is 0 Å². The highest BCUT2D eigenvalue weighted by Crippen LogP contribution is 2.32. The van der Waals surface area contributed by atoms with Crippen molar-refractivity contribution in [3.05, 3.63) is 97.0 Å². The quantitative estimate of drug-likeness (QED) is 0.351. The zero-order chi connectivity index (χ0) is 17.7. The third kappa shape index (κ3) is 7.04. The molecule has 0 unspecified atom stereocenters. The molecule has 0 bridgehead atoms. The monoisotopic (exact) mass is 367 g/mol. The van der Waals surface area contributed by atoms with Crippen molar-refractivity contribution >= 4 is 30.3 Å². The number of rotatable bonds is 11. The third-order valence-corrected chi connectivity index (χ3v) is 7.24. The molecule has 0 aliphatic rings. The number of nitrogens with one attached hydrogen (secondary N) is 1. The topological polar surface area (TPSA) is 12.0 Å². The number of hydrogen-bond acceptors (Lipinski definition) is 2. The van der Waals surface area contributed by atoms with Crippen LogP contribution < -0.4 is 15.9 Å². The molecule has 0 saturated heterocycles. The van der Waals surface area contributed by atoms with Crippen LogP contribution in [0.15, 0.2) is 97.0 Å². The highest BCUT2D eigenvalue weighted by Gasteiger charge is 2.12. The molecule has 25 heavy (non-hydrogen) atoms. The molecular weight excluding hydrogens is 341 g/mol. The lowest BCUT2D eigenvalue weighted by atomic mass is 10.4. The minimum Gasteiger partial charge on any atom is -0.316 e. The highest BCUT2D eigenvalue weighted by atomic mass is 32.2. The van der Waals surface area contributed by atoms with Gasteiger partial charge in [-0.05, 0) is 37.3 Å². The fourth-order valence-corrected chi connectivity index (χ4v) is 5.52. The lowest BCUT2D eigenvalue weighted by molar-refractivity contribution is 0.773. The molecule has 0 saturated carbocycles. The van der Waals surface area contributed by atoms with Gasteiger partial charge in [0.1, 0.15) is 0 Å². The van der Waals surface area contributed by atoms with Crippen LogP contribution in [0.4, 0.5) is 0 Å². The molecule has 2 aromatic carbocycles. The van der Waals surface area contributed by atoms with Crippen LogP contribution >= 0.6 is 19.7 Å². The SMILES string of the molecule is C=C/C=C(\C=C)SCCNCCP(c1ccccc1)c1ccccc1. The first-order valence-corrected chi connectivity index (χ1v) is 11.0. The largest absolute Gasteiger partial charge is 0.316 e. The molecule has 130 valence electrons. The van der Waals surface area contributed by atoms with Crippen molar-refractivity contribution in [2.45, 2.75) is 0 Å². The second kappa shape index (κ2) is 11.9. The van der Waals surface area contributed by atoms with Crippen LogP contribution in [0, 0.1) is 0 Å². The van der Waals surface area contributed by atoms with E-state index in [0.717, 1.165) is 25.0 Å². The maximum atomic E-state index is 3.83. The summed E-state index contributed by atoms with van der Waals surface area (Å²) in [7, 11) is -0.303. The molecule has 0 aliphatic heterocycles. The summed E-state index contributed by atoms with van der Waals surface area (Å²) in [5, 5.41) is 6.48. The van der Waals surface area contributed by atoms with Crippen LogP contribution in [0.5, 0.6) is 0 Å². The summed E-state index contributed by atoms with van der Waals surface area (Å²) in [6, 6.07) is 21.8. The Morgan fingerprint density at radius 2 is 1.52 bits per heavy atom. The van der Waals surface area contributed by atoms with Gasteiger partial charge < -0.3 is 5.32 Å². The van der Waals surface area contributed by atoms with Crippen molar-refractivity contribution in [3.63, 3.8) is 0 Å². The van der Waals surface area contributed by atoms with Gasteiger partial charge in [-0.1, -0.05) is 86.0 Å². The molecule has 0 heterocycles. The lowest BCUT2D eigenvalue weighted by Gasteiger charge is -2.19. The first-order chi connectivity index (χ1) is 12.3. The van der Waals surface area contributed by atoms with Gasteiger partial charge in [0.2, 0.25) is 0 Å². The first-order valence-electron chi connectivity index (χ1n) is 8.51. The van der Waals surface area contributed by atoms with Crippen LogP contribution in [-0.4, -0.2) is 25.0 Å². The van der Waals surface area contributed by atoms with Crippen LogP contribution in [0.2, 0.25) is 0 Å². The van der Waals surface area contributed by atoms with E-state index in [9.17, 15) is 0 Å². The van der Waals surface area contributed by atoms with Gasteiger partial charge in [0.05, 0.1) is 0 Å². The first kappa shape index (κ1) is 19.7. The van der Waals surface area contributed by atoms with E-state index in [1.165, 1.54) is 15.5 Å². The molecule has 2 rings (SSSR count). The normalized spacial score (nSPS) is 11.5. The second-order valence-electron chi connectivity index (χ2n) is 5.43. The standard InChI is InChI=1S/C22H26NPS/c1-3-11-22(4-2)25-19-17-23-16-18-24(20-12-7-5-8-13-20)21-14-9-6-10-15-21/h3-15,23H,1-2,16-19H2/b22-11+. The van der Waals surface area contributed by atoms with E-state index in [1.54, 1.807) is 0 Å². The number of thioether (sulfide) groups is 1. The van der Waals surface area contributed by atoms with E-state index in [0.29, 0.717) is 0 Å². The molecule has 0 aliphatic carbocycles. The fourth-order valence-electron chi connectivity index (χ4n) is 2.47. The van der Waals surface area contributed by atoms with Gasteiger partial charge in [-0.25, -0.2) is 0 Å². The van der Waals surface area contributed by atoms with E-state index in [-0.39, 0.29) is 7.92 Å². The van der Waals surface area contributed by atoms with Gasteiger partial charge >= 0.3 is 0 Å². The van der Waals surface area contributed by atoms with Crippen molar-refractivity contribution in [1.82, 2.24) is 5.32 Å². The highest BCUT2D eigenvalue weighted by molar-refractivity contribution is 8.03. The van der Waals surface area contributed by atoms with E-state index in [4.69, 9.17) is 0 Å². The summed E-state index contributed by atoms with van der Waals surface area (Å²) in [6.07, 6.45) is 6.85. The van der Waals surface area contributed by atoms with E-state index < -0.39 is 0 Å². The van der Waals surface area contributed by atoms with Crippen molar-refractivity contribution in [2.75, 3.05) is 25.0 Å². The molecule has 1 N–H and O–H groups in total. The molecule has 2 aromatic rings. The van der Waals surface area contributed by atoms with Crippen molar-refractivity contribution in [3.8, 4) is 0 Å². The van der Waals surface area contributed by atoms with Crippen molar-refractivity contribution in [1.29, 1.82) is 0 Å². The van der Waals surface area contributed by atoms with Gasteiger partial charge in [-0.3, -0.25) is 0 Å². The Kier molecular flexibility index (Phi) is 9.36. The number of hydrogen-bond donors (Lipinski definition) is 1. The Hall–Kier alpha value is -1.60. The van der Waals surface area contributed by atoms with E-state index in [2.05, 4.69) is 79.1 Å². The second-order valence-corrected chi connectivity index (χ2v) is 8.93. The zero-order valence-corrected chi connectivity index (χ0v) is 16.3. The summed E-state index contributed by atoms with van der Waals surface area (Å²) < 4.78 is 0. The summed E-state index contributed by atoms with van der Waals surface area (Å²) in [6.45, 7) is 9.59. The van der Waals surface area contributed by atoms with Gasteiger partial charge in [0.15, 0.2) is 0 Å². The molecule has 0 amide bonds. The molecule has 0 aromatic heterocycles. The Balaban J connectivity index is 1.84. The maximum absolute atomic E-state index is 3.83. The van der Waals surface area contributed by atoms with Gasteiger partial charge in [-0.15, -0.1) is 11.8 Å². The summed E-state index contributed by atoms with van der Waals surface area (Å²) in [5.74, 6) is 1.04. The molecule has 0 radical (unpaired) electrons. The fraction of sp³-hybridized carbons (Fsp3) is 0.182. The zero-order valence-electron chi connectivity index (χ0n) is 14.6. The average molecular weight is 367 g/mol. The molecule has 0 fully saturated rings. The van der Waals surface area contributed by atoms with Crippen molar-refractivity contribution in [2.24, 2.45) is 0 Å². The van der Waals surface area contributed by atoms with Crippen molar-refractivity contribution < 1.29 is 0 Å². The Morgan fingerprint density at radius 1 is 0.920 bits per heavy atom. The van der Waals surface area contributed by atoms with Gasteiger partial charge in [0.25, 0.3) is 0 Å². The molecule has 0 atom stereocenters. The lowest BCUT2D eigenvalue weighted by Crippen LogP contribution is -2.24. The predicted molar refractivity (Wildman–Crippen MR) is 118 cm³/mol. The molecule has 0 spiro atoms. The number of allylic oxidation sites excluding steroid dienone is 3. The predicted octanol–water partition coefficient (Wildman–Crippen LogP) is 4.70. The van der Waals surface area contributed by atoms with Crippen LogP contribution in [0.1, 0.15) is 0 Å². The minimum absolute atomic E-state index is 0.303. The molecule has 3 heteroatoms. The molecular formula is C22H26NPS. The third-order valence-electron chi connectivity index (χ3n) is 3.68. The Morgan fingerprint density at radius 3 is 2.04 bits per heavy atom. The minimum atomic E-state index is -0.303. The maximum Gasteiger partial charge on any atom is 0.0106 e. The van der Waals surface area contributed by atoms with Gasteiger partial charge in [0, 0.05) is 17.2 Å². The van der Waals surface area contributed by atoms with Crippen LogP contribution in [0.3, 0.4) is 0 Å². The summed E-state index contributed by atoms with van der Waals surface area (Å²) in [4.78, 5) is 1.17. The number of benzene rings is 2. The summed E-state index contributed by atoms with van der Waals surface area (Å²) >= 11 is 1.81. The smallest absolute Gasteiger partial charge is 0.0106 e. The average Bonchev–Trinajstić information content (AvgIpc) is 2.68. The molecule has 1 nitrogen and oxygen atoms in total. The Bertz CT molecular complexity index is 627. The van der Waals surface area contributed by atoms with E-state index in [1.807, 2.05) is 30.0 Å². The van der Waals surface area contributed by atoms with E-state index >= 15 is 0 Å². The summed E-state index contributed by atoms with van der Waals surface area (Å²) in [5.41, 5.74) is 0. The Labute approximate surface area is 157 Å².